The molecule has 0 radical (unpaired) electrons. The second kappa shape index (κ2) is 4.85. The van der Waals surface area contributed by atoms with Crippen LogP contribution in [0.5, 0.6) is 0 Å². The van der Waals surface area contributed by atoms with Crippen LogP contribution in [0.4, 0.5) is 0 Å². The second-order valence-electron chi connectivity index (χ2n) is 2.70. The van der Waals surface area contributed by atoms with Crippen molar-refractivity contribution in [2.75, 3.05) is 31.9 Å². The van der Waals surface area contributed by atoms with Crippen LogP contribution in [0.25, 0.3) is 0 Å². The predicted molar refractivity (Wildman–Crippen MR) is 47.7 cm³/mol. The van der Waals surface area contributed by atoms with Gasteiger partial charge in [0.15, 0.2) is 0 Å². The summed E-state index contributed by atoms with van der Waals surface area (Å²) in [5.41, 5.74) is 0. The van der Waals surface area contributed by atoms with E-state index in [-0.39, 0.29) is 0 Å². The first kappa shape index (κ1) is 9.16. The lowest BCUT2D eigenvalue weighted by Gasteiger charge is -2.25. The molecule has 0 aliphatic carbocycles. The highest BCUT2D eigenvalue weighted by Gasteiger charge is 2.14. The van der Waals surface area contributed by atoms with Gasteiger partial charge in [-0.15, -0.1) is 0 Å². The topological polar surface area (TPSA) is 32.3 Å². The highest BCUT2D eigenvalue weighted by Crippen LogP contribution is 1.98. The highest BCUT2D eigenvalue weighted by molar-refractivity contribution is 7.82. The molecule has 1 N–H and O–H groups in total. The van der Waals surface area contributed by atoms with Gasteiger partial charge < -0.3 is 5.32 Å². The fraction of sp³-hybridized carbons (Fsp3) is 1.00. The van der Waals surface area contributed by atoms with Crippen LogP contribution >= 0.6 is 0 Å². The largest absolute Gasteiger partial charge is 0.314 e. The molecule has 0 aromatic carbocycles. The van der Waals surface area contributed by atoms with E-state index in [0.717, 1.165) is 38.4 Å². The molecule has 1 aliphatic heterocycles. The fourth-order valence-corrected chi connectivity index (χ4v) is 2.35. The summed E-state index contributed by atoms with van der Waals surface area (Å²) < 4.78 is 13.5. The van der Waals surface area contributed by atoms with Crippen molar-refractivity contribution in [1.82, 2.24) is 9.62 Å². The molecule has 0 spiro atoms. The Morgan fingerprint density at radius 2 is 2.09 bits per heavy atom. The van der Waals surface area contributed by atoms with Crippen molar-refractivity contribution in [3.05, 3.63) is 0 Å². The Bertz CT molecular complexity index is 134. The summed E-state index contributed by atoms with van der Waals surface area (Å²) in [7, 11) is -0.713. The Kier molecular flexibility index (Phi) is 4.04. The van der Waals surface area contributed by atoms with Gasteiger partial charge in [-0.05, 0) is 6.42 Å². The van der Waals surface area contributed by atoms with Gasteiger partial charge in [0.2, 0.25) is 0 Å². The third kappa shape index (κ3) is 2.89. The molecule has 11 heavy (non-hydrogen) atoms. The first-order valence-corrected chi connectivity index (χ1v) is 5.46. The molecule has 1 heterocycles. The minimum atomic E-state index is -0.713. The van der Waals surface area contributed by atoms with Crippen LogP contribution in [0.15, 0.2) is 0 Å². The van der Waals surface area contributed by atoms with E-state index in [9.17, 15) is 4.21 Å². The Morgan fingerprint density at radius 3 is 2.64 bits per heavy atom. The van der Waals surface area contributed by atoms with Crippen LogP contribution in [0, 0.1) is 0 Å². The van der Waals surface area contributed by atoms with E-state index in [1.54, 1.807) is 0 Å². The summed E-state index contributed by atoms with van der Waals surface area (Å²) >= 11 is 0. The van der Waals surface area contributed by atoms with E-state index in [0.29, 0.717) is 0 Å². The van der Waals surface area contributed by atoms with E-state index in [1.165, 1.54) is 0 Å². The molecule has 0 aromatic rings. The molecule has 1 fully saturated rings. The fourth-order valence-electron chi connectivity index (χ4n) is 1.15. The third-order valence-electron chi connectivity index (χ3n) is 1.74. The van der Waals surface area contributed by atoms with Crippen molar-refractivity contribution in [2.24, 2.45) is 0 Å². The lowest BCUT2D eigenvalue weighted by Crippen LogP contribution is -2.44. The van der Waals surface area contributed by atoms with Crippen molar-refractivity contribution in [3.8, 4) is 0 Å². The Balaban J connectivity index is 2.27. The van der Waals surface area contributed by atoms with E-state index >= 15 is 0 Å². The summed E-state index contributed by atoms with van der Waals surface area (Å²) in [6.07, 6.45) is 1.01. The number of nitrogens with zero attached hydrogens (tertiary/aromatic N) is 1. The Labute approximate surface area is 70.7 Å². The molecule has 3 nitrogen and oxygen atoms in total. The van der Waals surface area contributed by atoms with Crippen molar-refractivity contribution in [2.45, 2.75) is 13.3 Å². The Morgan fingerprint density at radius 1 is 1.45 bits per heavy atom. The molecule has 1 aliphatic rings. The van der Waals surface area contributed by atoms with Gasteiger partial charge in [0, 0.05) is 31.9 Å². The van der Waals surface area contributed by atoms with Crippen LogP contribution in [-0.2, 0) is 11.0 Å². The van der Waals surface area contributed by atoms with Crippen LogP contribution in [0.2, 0.25) is 0 Å². The summed E-state index contributed by atoms with van der Waals surface area (Å²) in [5, 5.41) is 3.24. The van der Waals surface area contributed by atoms with E-state index in [1.807, 2.05) is 0 Å². The summed E-state index contributed by atoms with van der Waals surface area (Å²) in [5.74, 6) is 0.819. The average molecular weight is 176 g/mol. The molecule has 4 heteroatoms. The zero-order valence-corrected chi connectivity index (χ0v) is 7.82. The normalized spacial score (nSPS) is 23.4. The van der Waals surface area contributed by atoms with Crippen molar-refractivity contribution in [1.29, 1.82) is 0 Å². The predicted octanol–water partition coefficient (Wildman–Crippen LogP) is -0.0347. The monoisotopic (exact) mass is 176 g/mol. The number of piperazine rings is 1. The zero-order valence-electron chi connectivity index (χ0n) is 7.01. The lowest BCUT2D eigenvalue weighted by molar-refractivity contribution is 0.380. The maximum Gasteiger partial charge on any atom is 0.0943 e. The maximum absolute atomic E-state index is 11.4. The van der Waals surface area contributed by atoms with Gasteiger partial charge in [-0.1, -0.05) is 6.92 Å². The van der Waals surface area contributed by atoms with Crippen LogP contribution in [-0.4, -0.2) is 40.4 Å². The number of hydrogen-bond donors (Lipinski definition) is 1. The van der Waals surface area contributed by atoms with Gasteiger partial charge in [-0.25, -0.2) is 8.51 Å². The van der Waals surface area contributed by atoms with Gasteiger partial charge >= 0.3 is 0 Å². The minimum absolute atomic E-state index is 0.713. The molecule has 1 atom stereocenters. The van der Waals surface area contributed by atoms with Crippen LogP contribution in [0.1, 0.15) is 13.3 Å². The molecule has 0 amide bonds. The quantitative estimate of drug-likeness (QED) is 0.654. The minimum Gasteiger partial charge on any atom is -0.314 e. The second-order valence-corrected chi connectivity index (χ2v) is 4.27. The molecule has 1 unspecified atom stereocenters. The van der Waals surface area contributed by atoms with Crippen LogP contribution in [0.3, 0.4) is 0 Å². The summed E-state index contributed by atoms with van der Waals surface area (Å²) in [6, 6.07) is 0. The highest BCUT2D eigenvalue weighted by atomic mass is 32.2. The number of rotatable bonds is 3. The van der Waals surface area contributed by atoms with Gasteiger partial charge in [-0.2, -0.15) is 0 Å². The van der Waals surface area contributed by atoms with Crippen molar-refractivity contribution >= 4 is 11.0 Å². The molecule has 0 bridgehead atoms. The van der Waals surface area contributed by atoms with Crippen molar-refractivity contribution in [3.63, 3.8) is 0 Å². The van der Waals surface area contributed by atoms with Gasteiger partial charge in [0.1, 0.15) is 0 Å². The number of hydrogen-bond acceptors (Lipinski definition) is 2. The number of nitrogens with one attached hydrogen (secondary N) is 1. The average Bonchev–Trinajstić information content (AvgIpc) is 2.07. The lowest BCUT2D eigenvalue weighted by atomic mass is 10.4. The van der Waals surface area contributed by atoms with Crippen LogP contribution < -0.4 is 5.32 Å². The molecule has 0 saturated carbocycles. The first-order chi connectivity index (χ1) is 5.34. The maximum atomic E-state index is 11.4. The molecule has 0 aromatic heterocycles. The molecular formula is C7H16N2OS. The summed E-state index contributed by atoms with van der Waals surface area (Å²) in [4.78, 5) is 0. The van der Waals surface area contributed by atoms with E-state index in [2.05, 4.69) is 16.5 Å². The molecule has 1 saturated heterocycles. The van der Waals surface area contributed by atoms with Gasteiger partial charge in [0.05, 0.1) is 11.0 Å². The molecule has 1 rings (SSSR count). The van der Waals surface area contributed by atoms with E-state index < -0.39 is 11.0 Å². The molecular weight excluding hydrogens is 160 g/mol. The first-order valence-electron chi connectivity index (χ1n) is 4.18. The third-order valence-corrected chi connectivity index (χ3v) is 3.44. The zero-order chi connectivity index (χ0) is 8.10. The molecule has 66 valence electrons. The van der Waals surface area contributed by atoms with Crippen molar-refractivity contribution < 1.29 is 4.21 Å². The SMILES string of the molecule is CCCS(=O)N1CCNCC1. The standard InChI is InChI=1S/C7H16N2OS/c1-2-7-11(10)9-5-3-8-4-6-9/h8H,2-7H2,1H3. The Hall–Kier alpha value is 0.0700. The van der Waals surface area contributed by atoms with E-state index in [4.69, 9.17) is 0 Å². The summed E-state index contributed by atoms with van der Waals surface area (Å²) in [6.45, 7) is 5.91. The van der Waals surface area contributed by atoms with Gasteiger partial charge in [-0.3, -0.25) is 0 Å². The van der Waals surface area contributed by atoms with Gasteiger partial charge in [0.25, 0.3) is 0 Å². The smallest absolute Gasteiger partial charge is 0.0943 e.